The number of amides is 1. The molecule has 7 nitrogen and oxygen atoms in total. The number of rotatable bonds is 5. The lowest BCUT2D eigenvalue weighted by Gasteiger charge is -2.05. The molecule has 1 amide bonds. The van der Waals surface area contributed by atoms with E-state index in [1.165, 1.54) is 23.1 Å². The van der Waals surface area contributed by atoms with Crippen LogP contribution >= 0.6 is 23.2 Å². The Morgan fingerprint density at radius 1 is 1.24 bits per heavy atom. The molecule has 2 aromatic heterocycles. The van der Waals surface area contributed by atoms with Gasteiger partial charge in [-0.25, -0.2) is 14.1 Å². The van der Waals surface area contributed by atoms with Crippen LogP contribution in [0.2, 0.25) is 10.0 Å². The van der Waals surface area contributed by atoms with Crippen LogP contribution in [0.1, 0.15) is 23.0 Å². The van der Waals surface area contributed by atoms with Crippen molar-refractivity contribution < 1.29 is 9.18 Å². The highest BCUT2D eigenvalue weighted by Gasteiger charge is 2.17. The van der Waals surface area contributed by atoms with Gasteiger partial charge >= 0.3 is 0 Å². The Balaban J connectivity index is 1.73. The van der Waals surface area contributed by atoms with Gasteiger partial charge in [0.1, 0.15) is 12.1 Å². The Bertz CT molecular complexity index is 902. The molecule has 1 aromatic carbocycles. The quantitative estimate of drug-likeness (QED) is 0.734. The van der Waals surface area contributed by atoms with E-state index in [0.29, 0.717) is 6.54 Å². The van der Waals surface area contributed by atoms with E-state index in [4.69, 9.17) is 23.2 Å². The maximum Gasteiger partial charge on any atom is 0.280 e. The zero-order valence-corrected chi connectivity index (χ0v) is 14.6. The van der Waals surface area contributed by atoms with Gasteiger partial charge in [0.15, 0.2) is 5.69 Å². The van der Waals surface area contributed by atoms with Crippen molar-refractivity contribution in [1.82, 2.24) is 24.5 Å². The average Bonchev–Trinajstić information content (AvgIpc) is 3.17. The number of carbonyl (C=O) groups excluding carboxylic acids is 1. The Labute approximate surface area is 152 Å². The van der Waals surface area contributed by atoms with Crippen LogP contribution in [0.3, 0.4) is 0 Å². The molecule has 3 aromatic rings. The molecule has 3 rings (SSSR count). The molecule has 0 aliphatic heterocycles. The first kappa shape index (κ1) is 17.4. The summed E-state index contributed by atoms with van der Waals surface area (Å²) in [5.74, 6) is -0.913. The zero-order valence-electron chi connectivity index (χ0n) is 13.1. The van der Waals surface area contributed by atoms with Crippen molar-refractivity contribution in [3.8, 4) is 0 Å². The Hall–Kier alpha value is -2.45. The highest BCUT2D eigenvalue weighted by atomic mass is 35.5. The van der Waals surface area contributed by atoms with E-state index in [2.05, 4.69) is 20.5 Å². The second-order valence-corrected chi connectivity index (χ2v) is 5.92. The second-order valence-electron chi connectivity index (χ2n) is 5.10. The van der Waals surface area contributed by atoms with E-state index in [1.807, 2.05) is 6.92 Å². The summed E-state index contributed by atoms with van der Waals surface area (Å²) in [6, 6.07) is 4.42. The standard InChI is InChI=1S/C15H13Cl2FN6O/c1-2-23-7-11(17)13(21-23)14(25)20-15-19-8-24(22-15)6-9-10(16)4-3-5-12(9)18/h3-5,7-8H,2,6H2,1H3,(H,20,22,25). The van der Waals surface area contributed by atoms with Gasteiger partial charge in [0.25, 0.3) is 5.91 Å². The van der Waals surface area contributed by atoms with Gasteiger partial charge in [0.05, 0.1) is 11.6 Å². The highest BCUT2D eigenvalue weighted by Crippen LogP contribution is 2.20. The summed E-state index contributed by atoms with van der Waals surface area (Å²) in [7, 11) is 0. The van der Waals surface area contributed by atoms with Crippen LogP contribution in [-0.4, -0.2) is 30.5 Å². The SMILES string of the molecule is CCn1cc(Cl)c(C(=O)Nc2ncn(Cc3c(F)cccc3Cl)n2)n1. The average molecular weight is 383 g/mol. The third-order valence-corrected chi connectivity index (χ3v) is 4.03. The van der Waals surface area contributed by atoms with Crippen molar-refractivity contribution in [1.29, 1.82) is 0 Å². The predicted molar refractivity (Wildman–Crippen MR) is 91.4 cm³/mol. The van der Waals surface area contributed by atoms with E-state index >= 15 is 0 Å². The summed E-state index contributed by atoms with van der Waals surface area (Å²) < 4.78 is 16.7. The summed E-state index contributed by atoms with van der Waals surface area (Å²) in [6.07, 6.45) is 2.92. The van der Waals surface area contributed by atoms with Crippen LogP contribution in [0.4, 0.5) is 10.3 Å². The van der Waals surface area contributed by atoms with Crippen LogP contribution in [0.25, 0.3) is 0 Å². The van der Waals surface area contributed by atoms with E-state index in [-0.39, 0.29) is 33.8 Å². The molecule has 0 fully saturated rings. The Kier molecular flexibility index (Phi) is 5.00. The van der Waals surface area contributed by atoms with Crippen molar-refractivity contribution in [3.05, 3.63) is 57.8 Å². The fourth-order valence-corrected chi connectivity index (χ4v) is 2.61. The van der Waals surface area contributed by atoms with Crippen LogP contribution in [0, 0.1) is 5.82 Å². The van der Waals surface area contributed by atoms with Crippen LogP contribution in [0.5, 0.6) is 0 Å². The van der Waals surface area contributed by atoms with Gasteiger partial charge in [-0.05, 0) is 19.1 Å². The molecule has 0 bridgehead atoms. The minimum atomic E-state index is -0.529. The van der Waals surface area contributed by atoms with E-state index < -0.39 is 11.7 Å². The van der Waals surface area contributed by atoms with E-state index in [9.17, 15) is 9.18 Å². The van der Waals surface area contributed by atoms with Gasteiger partial charge in [-0.1, -0.05) is 29.3 Å². The number of hydrogen-bond acceptors (Lipinski definition) is 4. The molecule has 0 atom stereocenters. The lowest BCUT2D eigenvalue weighted by molar-refractivity contribution is 0.102. The number of benzene rings is 1. The van der Waals surface area contributed by atoms with Gasteiger partial charge < -0.3 is 0 Å². The lowest BCUT2D eigenvalue weighted by Crippen LogP contribution is -2.15. The first-order valence-corrected chi connectivity index (χ1v) is 8.10. The summed E-state index contributed by atoms with van der Waals surface area (Å²) in [4.78, 5) is 16.2. The van der Waals surface area contributed by atoms with Gasteiger partial charge in [-0.2, -0.15) is 5.10 Å². The number of aryl methyl sites for hydroxylation is 1. The maximum atomic E-state index is 13.8. The number of nitrogens with zero attached hydrogens (tertiary/aromatic N) is 5. The first-order valence-electron chi connectivity index (χ1n) is 7.34. The lowest BCUT2D eigenvalue weighted by atomic mass is 10.2. The number of anilines is 1. The minimum Gasteiger partial charge on any atom is -0.288 e. The largest absolute Gasteiger partial charge is 0.288 e. The zero-order chi connectivity index (χ0) is 18.0. The van der Waals surface area contributed by atoms with Gasteiger partial charge in [-0.3, -0.25) is 14.8 Å². The third kappa shape index (κ3) is 3.80. The maximum absolute atomic E-state index is 13.8. The third-order valence-electron chi connectivity index (χ3n) is 3.40. The molecule has 0 aliphatic rings. The molecule has 0 spiro atoms. The molecule has 25 heavy (non-hydrogen) atoms. The topological polar surface area (TPSA) is 77.6 Å². The number of nitrogens with one attached hydrogen (secondary N) is 1. The molecular formula is C15H13Cl2FN6O. The number of halogens is 3. The normalized spacial score (nSPS) is 10.9. The van der Waals surface area contributed by atoms with Gasteiger partial charge in [0, 0.05) is 23.3 Å². The van der Waals surface area contributed by atoms with Crippen molar-refractivity contribution in [2.24, 2.45) is 0 Å². The first-order chi connectivity index (χ1) is 12.0. The number of hydrogen-bond donors (Lipinski definition) is 1. The minimum absolute atomic E-state index is 0.0552. The summed E-state index contributed by atoms with van der Waals surface area (Å²) in [5.41, 5.74) is 0.369. The molecular weight excluding hydrogens is 370 g/mol. The highest BCUT2D eigenvalue weighted by molar-refractivity contribution is 6.34. The molecule has 2 heterocycles. The Morgan fingerprint density at radius 2 is 2.04 bits per heavy atom. The smallest absolute Gasteiger partial charge is 0.280 e. The molecule has 0 aliphatic carbocycles. The summed E-state index contributed by atoms with van der Waals surface area (Å²) >= 11 is 12.0. The van der Waals surface area contributed by atoms with Crippen LogP contribution in [0.15, 0.2) is 30.7 Å². The van der Waals surface area contributed by atoms with Gasteiger partial charge in [-0.15, -0.1) is 5.10 Å². The second kappa shape index (κ2) is 7.20. The van der Waals surface area contributed by atoms with E-state index in [0.717, 1.165) is 0 Å². The fourth-order valence-electron chi connectivity index (χ4n) is 2.15. The molecule has 130 valence electrons. The molecule has 0 radical (unpaired) electrons. The van der Waals surface area contributed by atoms with Crippen molar-refractivity contribution in [2.45, 2.75) is 20.0 Å². The molecule has 1 N–H and O–H groups in total. The molecule has 0 saturated heterocycles. The molecule has 0 saturated carbocycles. The Morgan fingerprint density at radius 3 is 2.72 bits per heavy atom. The predicted octanol–water partition coefficient (Wildman–Crippen LogP) is 3.24. The summed E-state index contributed by atoms with van der Waals surface area (Å²) in [5, 5.41) is 11.2. The van der Waals surface area contributed by atoms with Crippen LogP contribution in [-0.2, 0) is 13.1 Å². The number of aromatic nitrogens is 5. The molecule has 10 heteroatoms. The van der Waals surface area contributed by atoms with Crippen molar-refractivity contribution in [2.75, 3.05) is 5.32 Å². The fraction of sp³-hybridized carbons (Fsp3) is 0.200. The monoisotopic (exact) mass is 382 g/mol. The van der Waals surface area contributed by atoms with Crippen LogP contribution < -0.4 is 5.32 Å². The van der Waals surface area contributed by atoms with Crippen molar-refractivity contribution >= 4 is 35.1 Å². The number of carbonyl (C=O) groups is 1. The summed E-state index contributed by atoms with van der Waals surface area (Å²) in [6.45, 7) is 2.55. The van der Waals surface area contributed by atoms with Gasteiger partial charge in [0.2, 0.25) is 5.95 Å². The van der Waals surface area contributed by atoms with E-state index in [1.54, 1.807) is 16.9 Å². The van der Waals surface area contributed by atoms with Crippen molar-refractivity contribution in [3.63, 3.8) is 0 Å². The molecule has 0 unspecified atom stereocenters.